The van der Waals surface area contributed by atoms with E-state index in [2.05, 4.69) is 18.3 Å². The van der Waals surface area contributed by atoms with E-state index < -0.39 is 5.60 Å². The van der Waals surface area contributed by atoms with Crippen molar-refractivity contribution in [2.24, 2.45) is 10.4 Å². The highest BCUT2D eigenvalue weighted by Gasteiger charge is 2.45. The van der Waals surface area contributed by atoms with E-state index in [1.165, 1.54) is 0 Å². The number of nitrogens with zero attached hydrogens (tertiary/aromatic N) is 2. The van der Waals surface area contributed by atoms with Crippen molar-refractivity contribution in [1.29, 1.82) is 0 Å². The van der Waals surface area contributed by atoms with Crippen molar-refractivity contribution in [2.75, 3.05) is 19.7 Å². The molecule has 7 heteroatoms. The van der Waals surface area contributed by atoms with Gasteiger partial charge in [-0.25, -0.2) is 0 Å². The Hall–Kier alpha value is -2.25. The molecule has 4 rings (SSSR count). The van der Waals surface area contributed by atoms with E-state index >= 15 is 0 Å². The summed E-state index contributed by atoms with van der Waals surface area (Å²) in [5.41, 5.74) is 3.00. The third-order valence-corrected chi connectivity index (χ3v) is 8.04. The van der Waals surface area contributed by atoms with Crippen LogP contribution in [0, 0.1) is 5.41 Å². The van der Waals surface area contributed by atoms with Gasteiger partial charge in [-0.2, -0.15) is 0 Å². The van der Waals surface area contributed by atoms with Gasteiger partial charge in [0, 0.05) is 40.2 Å². The molecule has 33 heavy (non-hydrogen) atoms. The standard InChI is InChI=1S/C26H29ClN2O3S/c1-17(12-23(28-3)26(16-30)6-7-26)19-14-22(33-15-19)20-5-4-18(13-21(20)27)24(31)29-10-8-25(2,32)9-11-29/h4-5,12-15,30,32H,1,3,6-11,16H2,2H3/b23-12-. The smallest absolute Gasteiger partial charge is 0.253 e. The zero-order valence-corrected chi connectivity index (χ0v) is 20.4. The van der Waals surface area contributed by atoms with E-state index in [9.17, 15) is 15.0 Å². The third kappa shape index (κ3) is 4.99. The number of carbonyl (C=O) groups excluding carboxylic acids is 1. The van der Waals surface area contributed by atoms with Crippen molar-refractivity contribution in [1.82, 2.24) is 4.90 Å². The van der Waals surface area contributed by atoms with Crippen LogP contribution in [0.1, 0.15) is 48.5 Å². The Bertz CT molecular complexity index is 1120. The molecule has 2 aliphatic rings. The first-order valence-electron chi connectivity index (χ1n) is 11.1. The number of rotatable bonds is 7. The maximum absolute atomic E-state index is 12.9. The third-order valence-electron chi connectivity index (χ3n) is 6.76. The lowest BCUT2D eigenvalue weighted by Gasteiger charge is -2.35. The van der Waals surface area contributed by atoms with Crippen LogP contribution in [0.4, 0.5) is 0 Å². The molecule has 1 saturated carbocycles. The molecule has 1 aromatic heterocycles. The van der Waals surface area contributed by atoms with Crippen LogP contribution >= 0.6 is 22.9 Å². The average Bonchev–Trinajstić information content (AvgIpc) is 3.44. The van der Waals surface area contributed by atoms with Gasteiger partial charge in [-0.3, -0.25) is 9.79 Å². The van der Waals surface area contributed by atoms with Gasteiger partial charge in [-0.1, -0.05) is 24.2 Å². The minimum Gasteiger partial charge on any atom is -0.395 e. The summed E-state index contributed by atoms with van der Waals surface area (Å²) < 4.78 is 0. The Morgan fingerprint density at radius 3 is 2.52 bits per heavy atom. The van der Waals surface area contributed by atoms with Gasteiger partial charge in [-0.15, -0.1) is 11.3 Å². The number of halogens is 1. The Kier molecular flexibility index (Phi) is 6.65. The van der Waals surface area contributed by atoms with Gasteiger partial charge < -0.3 is 15.1 Å². The Labute approximate surface area is 203 Å². The second-order valence-corrected chi connectivity index (χ2v) is 10.7. The first-order valence-corrected chi connectivity index (χ1v) is 12.3. The lowest BCUT2D eigenvalue weighted by molar-refractivity contribution is -0.00202. The van der Waals surface area contributed by atoms with Crippen LogP contribution in [0.2, 0.25) is 5.02 Å². The number of amides is 1. The highest BCUT2D eigenvalue weighted by molar-refractivity contribution is 7.13. The number of aliphatic hydroxyl groups is 2. The monoisotopic (exact) mass is 484 g/mol. The molecule has 2 N–H and O–H groups in total. The van der Waals surface area contributed by atoms with E-state index in [1.54, 1.807) is 22.3 Å². The molecule has 2 fully saturated rings. The van der Waals surface area contributed by atoms with Crippen molar-refractivity contribution >= 4 is 41.1 Å². The van der Waals surface area contributed by atoms with Crippen molar-refractivity contribution in [3.05, 3.63) is 64.1 Å². The van der Waals surface area contributed by atoms with E-state index in [0.29, 0.717) is 36.5 Å². The average molecular weight is 485 g/mol. The van der Waals surface area contributed by atoms with E-state index in [4.69, 9.17) is 11.6 Å². The van der Waals surface area contributed by atoms with Crippen LogP contribution < -0.4 is 0 Å². The van der Waals surface area contributed by atoms with Crippen LogP contribution in [-0.4, -0.2) is 53.0 Å². The first-order chi connectivity index (χ1) is 15.7. The molecule has 0 unspecified atom stereocenters. The summed E-state index contributed by atoms with van der Waals surface area (Å²) in [7, 11) is 0. The van der Waals surface area contributed by atoms with Crippen LogP contribution in [0.5, 0.6) is 0 Å². The number of benzene rings is 1. The second kappa shape index (κ2) is 9.18. The summed E-state index contributed by atoms with van der Waals surface area (Å²) in [6.45, 7) is 10.8. The molecule has 2 heterocycles. The summed E-state index contributed by atoms with van der Waals surface area (Å²) in [6.07, 6.45) is 4.87. The predicted molar refractivity (Wildman–Crippen MR) is 136 cm³/mol. The molecule has 174 valence electrons. The zero-order valence-electron chi connectivity index (χ0n) is 18.8. The van der Waals surface area contributed by atoms with Crippen LogP contribution in [0.3, 0.4) is 0 Å². The lowest BCUT2D eigenvalue weighted by atomic mass is 9.93. The van der Waals surface area contributed by atoms with Gasteiger partial charge in [0.05, 0.1) is 17.2 Å². The molecule has 1 aromatic carbocycles. The molecule has 0 bridgehead atoms. The van der Waals surface area contributed by atoms with Gasteiger partial charge >= 0.3 is 0 Å². The summed E-state index contributed by atoms with van der Waals surface area (Å²) in [4.78, 5) is 19.8. The number of hydrogen-bond acceptors (Lipinski definition) is 5. The van der Waals surface area contributed by atoms with Crippen LogP contribution in [-0.2, 0) is 0 Å². The fourth-order valence-corrected chi connectivity index (χ4v) is 5.44. The molecular weight excluding hydrogens is 456 g/mol. The van der Waals surface area contributed by atoms with Crippen LogP contribution in [0.25, 0.3) is 16.0 Å². The predicted octanol–water partition coefficient (Wildman–Crippen LogP) is 5.43. The highest BCUT2D eigenvalue weighted by Crippen LogP contribution is 2.52. The van der Waals surface area contributed by atoms with Gasteiger partial charge in [0.15, 0.2) is 0 Å². The number of aliphatic imine (C=N–C) groups is 1. The second-order valence-electron chi connectivity index (χ2n) is 9.33. The minimum atomic E-state index is -0.700. The van der Waals surface area contributed by atoms with E-state index in [-0.39, 0.29) is 17.9 Å². The van der Waals surface area contributed by atoms with E-state index in [1.807, 2.05) is 36.6 Å². The topological polar surface area (TPSA) is 73.1 Å². The molecule has 0 atom stereocenters. The summed E-state index contributed by atoms with van der Waals surface area (Å²) in [5.74, 6) is -0.0633. The molecule has 2 aromatic rings. The van der Waals surface area contributed by atoms with Crippen molar-refractivity contribution < 1.29 is 15.0 Å². The number of piperidine rings is 1. The quantitative estimate of drug-likeness (QED) is 0.406. The number of aliphatic hydroxyl groups excluding tert-OH is 1. The minimum absolute atomic E-state index is 0.0633. The van der Waals surface area contributed by atoms with Gasteiger partial charge in [0.2, 0.25) is 0 Å². The van der Waals surface area contributed by atoms with Crippen molar-refractivity contribution in [3.8, 4) is 10.4 Å². The maximum atomic E-state index is 12.9. The van der Waals surface area contributed by atoms with Gasteiger partial charge in [0.1, 0.15) is 0 Å². The SMILES string of the molecule is C=N/C(=C\C(=C)c1csc(-c2ccc(C(=O)N3CCC(C)(O)CC3)cc2Cl)c1)C1(CO)CC1. The summed E-state index contributed by atoms with van der Waals surface area (Å²) >= 11 is 8.14. The van der Waals surface area contributed by atoms with Crippen molar-refractivity contribution in [2.45, 2.75) is 38.2 Å². The number of thiophene rings is 1. The van der Waals surface area contributed by atoms with Crippen molar-refractivity contribution in [3.63, 3.8) is 0 Å². The molecular formula is C26H29ClN2O3S. The lowest BCUT2D eigenvalue weighted by Crippen LogP contribution is -2.45. The Morgan fingerprint density at radius 1 is 1.24 bits per heavy atom. The number of likely N-dealkylation sites (tertiary alicyclic amines) is 1. The number of carbonyl (C=O) groups is 1. The molecule has 0 radical (unpaired) electrons. The Balaban J connectivity index is 1.50. The summed E-state index contributed by atoms with van der Waals surface area (Å²) in [5, 5.41) is 22.3. The van der Waals surface area contributed by atoms with Crippen LogP contribution in [0.15, 0.2) is 53.0 Å². The molecule has 0 spiro atoms. The molecule has 1 aliphatic heterocycles. The number of allylic oxidation sites excluding steroid dienone is 2. The fourth-order valence-electron chi connectivity index (χ4n) is 4.13. The zero-order chi connectivity index (χ0) is 23.8. The molecule has 5 nitrogen and oxygen atoms in total. The largest absolute Gasteiger partial charge is 0.395 e. The maximum Gasteiger partial charge on any atom is 0.253 e. The first kappa shape index (κ1) is 23.9. The van der Waals surface area contributed by atoms with E-state index in [0.717, 1.165) is 40.1 Å². The molecule has 1 aliphatic carbocycles. The van der Waals surface area contributed by atoms with Gasteiger partial charge in [-0.05, 0) is 80.1 Å². The fraction of sp³-hybridized carbons (Fsp3) is 0.385. The normalized spacial score (nSPS) is 19.3. The highest BCUT2D eigenvalue weighted by atomic mass is 35.5. The number of hydrogen-bond donors (Lipinski definition) is 2. The molecule has 1 amide bonds. The van der Waals surface area contributed by atoms with Gasteiger partial charge in [0.25, 0.3) is 5.91 Å². The molecule has 1 saturated heterocycles. The Morgan fingerprint density at radius 2 is 1.94 bits per heavy atom. The summed E-state index contributed by atoms with van der Waals surface area (Å²) in [6, 6.07) is 7.43.